The normalized spacial score (nSPS) is 20.7. The number of aryl methyl sites for hydroxylation is 1. The lowest BCUT2D eigenvalue weighted by Gasteiger charge is -2.27. The van der Waals surface area contributed by atoms with Gasteiger partial charge in [0, 0.05) is 71.9 Å². The zero-order valence-corrected chi connectivity index (χ0v) is 31.2. The molecule has 14 nitrogen and oxygen atoms in total. The van der Waals surface area contributed by atoms with Crippen LogP contribution in [0.25, 0.3) is 22.2 Å². The van der Waals surface area contributed by atoms with E-state index in [4.69, 9.17) is 9.97 Å². The van der Waals surface area contributed by atoms with E-state index in [1.165, 1.54) is 6.92 Å². The number of H-pyrrole nitrogens is 2. The number of ketones is 1. The fourth-order valence-corrected chi connectivity index (χ4v) is 8.41. The maximum Gasteiger partial charge on any atom is 0.279 e. The van der Waals surface area contributed by atoms with Crippen molar-refractivity contribution in [3.63, 3.8) is 0 Å². The van der Waals surface area contributed by atoms with Crippen molar-refractivity contribution in [2.45, 2.75) is 90.9 Å². The summed E-state index contributed by atoms with van der Waals surface area (Å²) in [6.45, 7) is 11.3. The van der Waals surface area contributed by atoms with E-state index in [0.29, 0.717) is 56.9 Å². The third-order valence-electron chi connectivity index (χ3n) is 10.8. The Balaban J connectivity index is 1.69. The van der Waals surface area contributed by atoms with Crippen LogP contribution in [0.1, 0.15) is 144 Å². The van der Waals surface area contributed by atoms with E-state index in [-0.39, 0.29) is 60.0 Å². The van der Waals surface area contributed by atoms with Gasteiger partial charge in [-0.1, -0.05) is 20.8 Å². The van der Waals surface area contributed by atoms with Gasteiger partial charge in [0.05, 0.1) is 39.5 Å². The number of aromatic nitrogens is 4. The maximum atomic E-state index is 14.5. The standard InChI is InChI=1S/C37H45N7O7S/c1-8-22-17(2)24-16-29-31(21(6)45)19(4)26(41-29)14-25-18(3)23(10-11-30(46)38-7)34(42-25)33-35-32(20(5)27(43-35)15-28(22)40-24)36(47)44(37(33)48)39-12-9-13-52(49,50)51/h14-18,22-23,39-40,43H,8-13H2,1-7H3,(H,38,46)(H,49,50,51)/t17?,18?,22-,23+/m1/s1. The van der Waals surface area contributed by atoms with Gasteiger partial charge in [-0.15, -0.1) is 0 Å². The quantitative estimate of drug-likeness (QED) is 0.126. The SMILES string of the molecule is CC[C@H]1c2cc3[nH]c4c(c5nc(cc6nc(cc([nH]2)C1C)C(C(C)=O)=C6C)C(C)[C@@H]5CCC(=O)NC)C(=O)N(NCCCS(=O)(=O)O)C(=O)c4c3C. The first kappa shape index (κ1) is 37.0. The number of carbonyl (C=O) groups is 4. The molecule has 4 aliphatic rings. The summed E-state index contributed by atoms with van der Waals surface area (Å²) in [7, 11) is -2.70. The summed E-state index contributed by atoms with van der Waals surface area (Å²) in [5.41, 5.74) is 9.95. The predicted octanol–water partition coefficient (Wildman–Crippen LogP) is 4.95. The Bertz CT molecular complexity index is 2230. The highest BCUT2D eigenvalue weighted by Gasteiger charge is 2.41. The fourth-order valence-electron chi connectivity index (χ4n) is 7.90. The van der Waals surface area contributed by atoms with Gasteiger partial charge in [-0.05, 0) is 69.4 Å². The molecule has 6 rings (SSSR count). The van der Waals surface area contributed by atoms with Gasteiger partial charge in [0.15, 0.2) is 5.78 Å². The Labute approximate surface area is 302 Å². The number of nitrogens with one attached hydrogen (secondary N) is 4. The van der Waals surface area contributed by atoms with Crippen molar-refractivity contribution in [3.8, 4) is 0 Å². The minimum atomic E-state index is -4.26. The molecule has 0 spiro atoms. The third kappa shape index (κ3) is 6.56. The Morgan fingerprint density at radius 2 is 1.67 bits per heavy atom. The molecule has 2 unspecified atom stereocenters. The summed E-state index contributed by atoms with van der Waals surface area (Å²) in [6, 6.07) is 5.73. The number of amides is 3. The number of imide groups is 1. The molecule has 2 aromatic heterocycles. The number of hydrogen-bond acceptors (Lipinski definition) is 9. The van der Waals surface area contributed by atoms with E-state index in [1.807, 2.05) is 32.0 Å². The first-order valence-electron chi connectivity index (χ1n) is 17.6. The molecule has 4 atom stereocenters. The molecule has 276 valence electrons. The van der Waals surface area contributed by atoms with E-state index in [0.717, 1.165) is 22.8 Å². The smallest absolute Gasteiger partial charge is 0.279 e. The van der Waals surface area contributed by atoms with Crippen molar-refractivity contribution < 1.29 is 32.1 Å². The third-order valence-corrected chi connectivity index (χ3v) is 11.6. The van der Waals surface area contributed by atoms with Crippen molar-refractivity contribution in [1.29, 1.82) is 0 Å². The number of fused-ring (bicyclic) bond motifs is 8. The molecule has 0 radical (unpaired) electrons. The fraction of sp³-hybridized carbons (Fsp3) is 0.459. The lowest BCUT2D eigenvalue weighted by molar-refractivity contribution is -0.120. The molecular formula is C37H45N7O7S. The van der Waals surface area contributed by atoms with Crippen molar-refractivity contribution in [2.24, 2.45) is 0 Å². The van der Waals surface area contributed by atoms with Crippen LogP contribution in [0.5, 0.6) is 0 Å². The summed E-state index contributed by atoms with van der Waals surface area (Å²) in [5, 5.41) is 3.54. The molecule has 0 saturated carbocycles. The Morgan fingerprint density at radius 3 is 2.33 bits per heavy atom. The largest absolute Gasteiger partial charge is 0.362 e. The van der Waals surface area contributed by atoms with Crippen molar-refractivity contribution in [2.75, 3.05) is 19.3 Å². The first-order chi connectivity index (χ1) is 24.6. The molecule has 0 fully saturated rings. The Kier molecular flexibility index (Phi) is 9.98. The number of allylic oxidation sites excluding steroid dienone is 2. The van der Waals surface area contributed by atoms with Crippen LogP contribution >= 0.6 is 0 Å². The Morgan fingerprint density at radius 1 is 0.962 bits per heavy atom. The summed E-state index contributed by atoms with van der Waals surface area (Å²) in [6.07, 6.45) is 1.25. The summed E-state index contributed by atoms with van der Waals surface area (Å²) in [5.74, 6) is -2.70. The van der Waals surface area contributed by atoms with Crippen molar-refractivity contribution in [3.05, 3.63) is 69.1 Å². The molecule has 0 saturated heterocycles. The van der Waals surface area contributed by atoms with E-state index < -0.39 is 33.6 Å². The monoisotopic (exact) mass is 731 g/mol. The molecule has 8 bridgehead atoms. The average Bonchev–Trinajstić information content (AvgIpc) is 3.76. The number of hydrazine groups is 1. The average molecular weight is 732 g/mol. The number of rotatable bonds is 10. The van der Waals surface area contributed by atoms with Gasteiger partial charge in [0.25, 0.3) is 21.9 Å². The van der Waals surface area contributed by atoms with Crippen LogP contribution < -0.4 is 10.7 Å². The van der Waals surface area contributed by atoms with E-state index in [9.17, 15) is 32.1 Å². The number of nitrogens with zero attached hydrogens (tertiary/aromatic N) is 3. The van der Waals surface area contributed by atoms with Gasteiger partial charge in [0.2, 0.25) is 5.91 Å². The van der Waals surface area contributed by atoms with E-state index in [1.54, 1.807) is 14.0 Å². The van der Waals surface area contributed by atoms with Crippen molar-refractivity contribution >= 4 is 55.8 Å². The highest BCUT2D eigenvalue weighted by atomic mass is 32.2. The summed E-state index contributed by atoms with van der Waals surface area (Å²) in [4.78, 5) is 71.2. The van der Waals surface area contributed by atoms with Gasteiger partial charge in [0.1, 0.15) is 0 Å². The number of carbonyl (C=O) groups excluding carboxylic acids is 4. The zero-order chi connectivity index (χ0) is 37.8. The molecule has 2 aromatic rings. The molecule has 15 heteroatoms. The lowest BCUT2D eigenvalue weighted by atomic mass is 9.84. The second-order valence-corrected chi connectivity index (χ2v) is 15.6. The van der Waals surface area contributed by atoms with Crippen LogP contribution in [-0.4, -0.2) is 80.8 Å². The predicted molar refractivity (Wildman–Crippen MR) is 196 cm³/mol. The second kappa shape index (κ2) is 14.0. The van der Waals surface area contributed by atoms with Crippen LogP contribution in [0, 0.1) is 6.92 Å². The number of aromatic amines is 2. The van der Waals surface area contributed by atoms with Gasteiger partial charge in [-0.3, -0.25) is 28.7 Å². The van der Waals surface area contributed by atoms with Gasteiger partial charge in [-0.2, -0.15) is 8.42 Å². The molecule has 4 aliphatic heterocycles. The molecule has 52 heavy (non-hydrogen) atoms. The molecule has 0 aliphatic carbocycles. The first-order valence-corrected chi connectivity index (χ1v) is 19.2. The summed E-state index contributed by atoms with van der Waals surface area (Å²) < 4.78 is 32.0. The number of Topliss-reactive ketones (excluding diaryl/α,β-unsaturated/α-hetero) is 1. The van der Waals surface area contributed by atoms with Crippen molar-refractivity contribution in [1.82, 2.24) is 35.7 Å². The number of hydrogen-bond donors (Lipinski definition) is 5. The minimum absolute atomic E-state index is 0.0600. The molecule has 6 heterocycles. The molecule has 3 amide bonds. The van der Waals surface area contributed by atoms with Gasteiger partial charge >= 0.3 is 0 Å². The van der Waals surface area contributed by atoms with Gasteiger partial charge < -0.3 is 15.3 Å². The van der Waals surface area contributed by atoms with Crippen LogP contribution in [0.15, 0.2) is 18.2 Å². The van der Waals surface area contributed by atoms with Crippen LogP contribution in [-0.2, 0) is 19.7 Å². The molecule has 0 aromatic carbocycles. The van der Waals surface area contributed by atoms with E-state index in [2.05, 4.69) is 34.6 Å². The minimum Gasteiger partial charge on any atom is -0.362 e. The molecular weight excluding hydrogens is 687 g/mol. The van der Waals surface area contributed by atoms with Crippen LogP contribution in [0.4, 0.5) is 0 Å². The zero-order valence-electron chi connectivity index (χ0n) is 30.4. The van der Waals surface area contributed by atoms with Crippen LogP contribution in [0.3, 0.4) is 0 Å². The molecule has 5 N–H and O–H groups in total. The highest BCUT2D eigenvalue weighted by Crippen LogP contribution is 2.45. The van der Waals surface area contributed by atoms with E-state index >= 15 is 0 Å². The topological polar surface area (TPSA) is 207 Å². The maximum absolute atomic E-state index is 14.5. The Hall–Kier alpha value is -4.73. The highest BCUT2D eigenvalue weighted by molar-refractivity contribution is 7.85. The van der Waals surface area contributed by atoms with Crippen LogP contribution in [0.2, 0.25) is 0 Å². The van der Waals surface area contributed by atoms with Gasteiger partial charge in [-0.25, -0.2) is 15.4 Å². The second-order valence-electron chi connectivity index (χ2n) is 14.0. The summed E-state index contributed by atoms with van der Waals surface area (Å²) >= 11 is 0. The lowest BCUT2D eigenvalue weighted by Crippen LogP contribution is -2.50.